The van der Waals surface area contributed by atoms with E-state index in [4.69, 9.17) is 4.74 Å². The summed E-state index contributed by atoms with van der Waals surface area (Å²) in [5.74, 6) is 0. The molecule has 0 amide bonds. The molecule has 1 saturated heterocycles. The Bertz CT molecular complexity index is 413. The van der Waals surface area contributed by atoms with Gasteiger partial charge in [-0.25, -0.2) is 0 Å². The van der Waals surface area contributed by atoms with Crippen LogP contribution in [0.5, 0.6) is 0 Å². The fourth-order valence-corrected chi connectivity index (χ4v) is 2.02. The molecule has 0 aromatic carbocycles. The minimum Gasteiger partial charge on any atom is -0.388 e. The molecule has 0 bridgehead atoms. The monoisotopic (exact) mass is 240 g/mol. The van der Waals surface area contributed by atoms with Crippen LogP contribution in [0, 0.1) is 0 Å². The van der Waals surface area contributed by atoms with Crippen LogP contribution in [0.1, 0.15) is 31.6 Å². The third kappa shape index (κ3) is 2.38. The van der Waals surface area contributed by atoms with Gasteiger partial charge in [-0.05, 0) is 6.42 Å². The lowest BCUT2D eigenvalue weighted by atomic mass is 10.0. The lowest BCUT2D eigenvalue weighted by molar-refractivity contribution is 0.000623. The highest BCUT2D eigenvalue weighted by atomic mass is 16.5. The van der Waals surface area contributed by atoms with Crippen LogP contribution >= 0.6 is 0 Å². The summed E-state index contributed by atoms with van der Waals surface area (Å²) in [4.78, 5) is 17.2. The molecule has 3 N–H and O–H groups in total. The Hall–Kier alpha value is -1.24. The normalized spacial score (nSPS) is 32.9. The first kappa shape index (κ1) is 12.2. The van der Waals surface area contributed by atoms with Crippen LogP contribution in [-0.2, 0) is 4.74 Å². The maximum absolute atomic E-state index is 10.9. The van der Waals surface area contributed by atoms with Crippen LogP contribution in [0.4, 0.5) is 0 Å². The molecule has 1 aromatic rings. The van der Waals surface area contributed by atoms with Crippen LogP contribution < -0.4 is 5.56 Å². The summed E-state index contributed by atoms with van der Waals surface area (Å²) >= 11 is 0. The molecule has 1 aliphatic rings. The van der Waals surface area contributed by atoms with Crippen molar-refractivity contribution in [1.29, 1.82) is 0 Å². The van der Waals surface area contributed by atoms with Crippen molar-refractivity contribution >= 4 is 0 Å². The van der Waals surface area contributed by atoms with E-state index in [-0.39, 0.29) is 11.7 Å². The highest BCUT2D eigenvalue weighted by molar-refractivity contribution is 5.07. The van der Waals surface area contributed by atoms with E-state index >= 15 is 0 Å². The van der Waals surface area contributed by atoms with Gasteiger partial charge in [0.15, 0.2) is 0 Å². The molecule has 2 rings (SSSR count). The number of nitrogens with zero attached hydrogens (tertiary/aromatic N) is 1. The largest absolute Gasteiger partial charge is 0.388 e. The van der Waals surface area contributed by atoms with Gasteiger partial charge in [-0.2, -0.15) is 0 Å². The second kappa shape index (κ2) is 4.95. The van der Waals surface area contributed by atoms with Crippen LogP contribution in [0.3, 0.4) is 0 Å². The highest BCUT2D eigenvalue weighted by Gasteiger charge is 2.43. The van der Waals surface area contributed by atoms with Crippen LogP contribution in [0.15, 0.2) is 17.2 Å². The molecule has 94 valence electrons. The predicted molar refractivity (Wildman–Crippen MR) is 59.4 cm³/mol. The van der Waals surface area contributed by atoms with Crippen molar-refractivity contribution < 1.29 is 14.9 Å². The molecule has 0 aliphatic carbocycles. The molecule has 1 aliphatic heterocycles. The Labute approximate surface area is 98.3 Å². The standard InChI is InChI=1S/C11H16N2O4/c1-2-3-7-9(15)10(16)11(17-7)6-4-13-8(14)5-12-6/h4-5,7,9-11,15-16H,2-3H2,1H3,(H,13,14). The van der Waals surface area contributed by atoms with E-state index in [9.17, 15) is 15.0 Å². The number of hydrogen-bond acceptors (Lipinski definition) is 5. The molecule has 0 saturated carbocycles. The summed E-state index contributed by atoms with van der Waals surface area (Å²) in [5.41, 5.74) is 0.113. The topological polar surface area (TPSA) is 95.4 Å². The first-order valence-corrected chi connectivity index (χ1v) is 5.69. The van der Waals surface area contributed by atoms with Crippen molar-refractivity contribution in [3.8, 4) is 0 Å². The van der Waals surface area contributed by atoms with Gasteiger partial charge >= 0.3 is 0 Å². The number of aromatic nitrogens is 2. The molecule has 2 heterocycles. The second-order valence-corrected chi connectivity index (χ2v) is 4.20. The first-order chi connectivity index (χ1) is 8.13. The summed E-state index contributed by atoms with van der Waals surface area (Å²) in [7, 11) is 0. The Kier molecular flexibility index (Phi) is 3.56. The molecule has 4 atom stereocenters. The summed E-state index contributed by atoms with van der Waals surface area (Å²) in [6.45, 7) is 1.98. The molecule has 6 heteroatoms. The third-order valence-electron chi connectivity index (χ3n) is 2.92. The van der Waals surface area contributed by atoms with Gasteiger partial charge in [-0.1, -0.05) is 13.3 Å². The van der Waals surface area contributed by atoms with E-state index < -0.39 is 18.3 Å². The maximum atomic E-state index is 10.9. The quantitative estimate of drug-likeness (QED) is 0.676. The highest BCUT2D eigenvalue weighted by Crippen LogP contribution is 2.33. The Morgan fingerprint density at radius 2 is 2.24 bits per heavy atom. The van der Waals surface area contributed by atoms with E-state index in [1.54, 1.807) is 0 Å². The minimum absolute atomic E-state index is 0.313. The van der Waals surface area contributed by atoms with Gasteiger partial charge in [0.2, 0.25) is 0 Å². The van der Waals surface area contributed by atoms with Crippen molar-refractivity contribution in [2.24, 2.45) is 0 Å². The van der Waals surface area contributed by atoms with Crippen LogP contribution in [-0.4, -0.2) is 38.5 Å². The number of rotatable bonds is 3. The summed E-state index contributed by atoms with van der Waals surface area (Å²) in [5, 5.41) is 19.7. The van der Waals surface area contributed by atoms with Gasteiger partial charge < -0.3 is 19.9 Å². The molecule has 1 fully saturated rings. The third-order valence-corrected chi connectivity index (χ3v) is 2.92. The Morgan fingerprint density at radius 3 is 2.82 bits per heavy atom. The van der Waals surface area contributed by atoms with Crippen LogP contribution in [0.2, 0.25) is 0 Å². The lowest BCUT2D eigenvalue weighted by Gasteiger charge is -2.12. The number of aliphatic hydroxyl groups excluding tert-OH is 2. The van der Waals surface area contributed by atoms with E-state index in [0.29, 0.717) is 12.1 Å². The van der Waals surface area contributed by atoms with E-state index in [1.807, 2.05) is 6.92 Å². The molecule has 1 aromatic heterocycles. The average molecular weight is 240 g/mol. The van der Waals surface area contributed by atoms with Crippen molar-refractivity contribution in [3.63, 3.8) is 0 Å². The fourth-order valence-electron chi connectivity index (χ4n) is 2.02. The average Bonchev–Trinajstić information content (AvgIpc) is 2.59. The van der Waals surface area contributed by atoms with Crippen molar-refractivity contribution in [3.05, 3.63) is 28.4 Å². The molecule has 0 spiro atoms. The summed E-state index contributed by atoms with van der Waals surface area (Å²) in [6, 6.07) is 0. The van der Waals surface area contributed by atoms with E-state index in [2.05, 4.69) is 9.97 Å². The molecule has 17 heavy (non-hydrogen) atoms. The SMILES string of the molecule is CCCC1OC(c2c[nH]c(=O)cn2)C(O)C1O. The van der Waals surface area contributed by atoms with Gasteiger partial charge in [0.1, 0.15) is 18.3 Å². The first-order valence-electron chi connectivity index (χ1n) is 5.69. The zero-order valence-electron chi connectivity index (χ0n) is 9.54. The molecular formula is C11H16N2O4. The van der Waals surface area contributed by atoms with Gasteiger partial charge in [0, 0.05) is 6.20 Å². The second-order valence-electron chi connectivity index (χ2n) is 4.20. The van der Waals surface area contributed by atoms with Gasteiger partial charge in [-0.3, -0.25) is 9.78 Å². The lowest BCUT2D eigenvalue weighted by Crippen LogP contribution is -2.30. The number of aromatic amines is 1. The van der Waals surface area contributed by atoms with Crippen molar-refractivity contribution in [2.45, 2.75) is 44.2 Å². The van der Waals surface area contributed by atoms with E-state index in [1.165, 1.54) is 6.20 Å². The smallest absolute Gasteiger partial charge is 0.266 e. The predicted octanol–water partition coefficient (Wildman–Crippen LogP) is -0.268. The molecular weight excluding hydrogens is 224 g/mol. The minimum atomic E-state index is -1.01. The molecule has 0 radical (unpaired) electrons. The maximum Gasteiger partial charge on any atom is 0.266 e. The van der Waals surface area contributed by atoms with Crippen molar-refractivity contribution in [2.75, 3.05) is 0 Å². The van der Waals surface area contributed by atoms with Gasteiger partial charge in [-0.15, -0.1) is 0 Å². The van der Waals surface area contributed by atoms with Crippen molar-refractivity contribution in [1.82, 2.24) is 9.97 Å². The number of nitrogens with one attached hydrogen (secondary N) is 1. The number of aliphatic hydroxyl groups is 2. The van der Waals surface area contributed by atoms with Gasteiger partial charge in [0.25, 0.3) is 5.56 Å². The summed E-state index contributed by atoms with van der Waals surface area (Å²) < 4.78 is 5.57. The number of H-pyrrole nitrogens is 1. The zero-order valence-corrected chi connectivity index (χ0v) is 9.54. The fraction of sp³-hybridized carbons (Fsp3) is 0.636. The zero-order chi connectivity index (χ0) is 12.4. The number of ether oxygens (including phenoxy) is 1. The Morgan fingerprint density at radius 1 is 1.47 bits per heavy atom. The molecule has 6 nitrogen and oxygen atoms in total. The Balaban J connectivity index is 2.17. The van der Waals surface area contributed by atoms with E-state index in [0.717, 1.165) is 12.6 Å². The number of hydrogen-bond donors (Lipinski definition) is 3. The van der Waals surface area contributed by atoms with Crippen LogP contribution in [0.25, 0.3) is 0 Å². The van der Waals surface area contributed by atoms with Gasteiger partial charge in [0.05, 0.1) is 18.0 Å². The summed E-state index contributed by atoms with van der Waals surface area (Å²) in [6.07, 6.45) is 1.09. The molecule has 4 unspecified atom stereocenters.